The molecule has 2 aromatic rings. The Balaban J connectivity index is 1.96. The van der Waals surface area contributed by atoms with Gasteiger partial charge in [0.1, 0.15) is 5.82 Å². The van der Waals surface area contributed by atoms with Crippen LogP contribution in [0.4, 0.5) is 10.1 Å². The highest BCUT2D eigenvalue weighted by molar-refractivity contribution is 6.31. The molecule has 86 valence electrons. The van der Waals surface area contributed by atoms with Crippen molar-refractivity contribution in [2.45, 2.75) is 12.5 Å². The van der Waals surface area contributed by atoms with Crippen molar-refractivity contribution in [3.05, 3.63) is 64.4 Å². The van der Waals surface area contributed by atoms with E-state index in [0.29, 0.717) is 5.02 Å². The van der Waals surface area contributed by atoms with Crippen LogP contribution in [-0.2, 0) is 6.42 Å². The molecular weight excluding hydrogens is 237 g/mol. The third-order valence-corrected chi connectivity index (χ3v) is 3.45. The van der Waals surface area contributed by atoms with Crippen molar-refractivity contribution in [3.63, 3.8) is 0 Å². The highest BCUT2D eigenvalue weighted by atomic mass is 35.5. The van der Waals surface area contributed by atoms with Crippen LogP contribution in [-0.4, -0.2) is 0 Å². The Hall–Kier alpha value is -1.54. The number of nitrogens with one attached hydrogen (secondary N) is 1. The van der Waals surface area contributed by atoms with Gasteiger partial charge in [-0.3, -0.25) is 0 Å². The minimum absolute atomic E-state index is 0.0654. The largest absolute Gasteiger partial charge is 0.378 e. The van der Waals surface area contributed by atoms with Gasteiger partial charge in [0.05, 0.1) is 6.04 Å². The molecule has 1 atom stereocenters. The Morgan fingerprint density at radius 2 is 2.00 bits per heavy atom. The predicted octanol–water partition coefficient (Wildman–Crippen LogP) is 4.19. The monoisotopic (exact) mass is 247 g/mol. The van der Waals surface area contributed by atoms with Crippen LogP contribution in [0, 0.1) is 5.82 Å². The van der Waals surface area contributed by atoms with E-state index in [1.165, 1.54) is 17.7 Å². The fourth-order valence-electron chi connectivity index (χ4n) is 2.27. The molecule has 0 amide bonds. The average molecular weight is 248 g/mol. The number of benzene rings is 2. The van der Waals surface area contributed by atoms with Gasteiger partial charge in [0.25, 0.3) is 0 Å². The molecule has 0 saturated heterocycles. The second kappa shape index (κ2) is 4.04. The zero-order valence-electron chi connectivity index (χ0n) is 9.08. The van der Waals surface area contributed by atoms with Crippen LogP contribution in [0.25, 0.3) is 0 Å². The van der Waals surface area contributed by atoms with Crippen LogP contribution in [0.3, 0.4) is 0 Å². The highest BCUT2D eigenvalue weighted by Crippen LogP contribution is 2.36. The van der Waals surface area contributed by atoms with Crippen molar-refractivity contribution >= 4 is 17.3 Å². The summed E-state index contributed by atoms with van der Waals surface area (Å²) in [6.07, 6.45) is 0.847. The summed E-state index contributed by atoms with van der Waals surface area (Å²) in [7, 11) is 0. The lowest BCUT2D eigenvalue weighted by atomic mass is 10.0. The topological polar surface area (TPSA) is 12.0 Å². The molecule has 1 heterocycles. The summed E-state index contributed by atoms with van der Waals surface area (Å²) >= 11 is 6.11. The summed E-state index contributed by atoms with van der Waals surface area (Å²) < 4.78 is 13.2. The number of fused-ring (bicyclic) bond motifs is 1. The minimum atomic E-state index is -0.248. The quantitative estimate of drug-likeness (QED) is 0.797. The Morgan fingerprint density at radius 3 is 2.82 bits per heavy atom. The van der Waals surface area contributed by atoms with Crippen LogP contribution in [0.1, 0.15) is 17.2 Å². The molecule has 3 rings (SSSR count). The van der Waals surface area contributed by atoms with E-state index in [-0.39, 0.29) is 11.9 Å². The highest BCUT2D eigenvalue weighted by Gasteiger charge is 2.23. The van der Waals surface area contributed by atoms with Crippen LogP contribution in [0.2, 0.25) is 5.02 Å². The zero-order chi connectivity index (χ0) is 11.8. The number of para-hydroxylation sites is 1. The van der Waals surface area contributed by atoms with Crippen LogP contribution < -0.4 is 5.32 Å². The lowest BCUT2D eigenvalue weighted by Crippen LogP contribution is -2.06. The summed E-state index contributed by atoms with van der Waals surface area (Å²) in [5.74, 6) is -0.248. The maximum Gasteiger partial charge on any atom is 0.123 e. The Labute approximate surface area is 104 Å². The average Bonchev–Trinajstić information content (AvgIpc) is 2.75. The molecule has 0 fully saturated rings. The van der Waals surface area contributed by atoms with E-state index >= 15 is 0 Å². The number of halogens is 2. The Bertz CT molecular complexity index is 543. The molecule has 1 nitrogen and oxygen atoms in total. The zero-order valence-corrected chi connectivity index (χ0v) is 9.84. The molecule has 2 aromatic carbocycles. The van der Waals surface area contributed by atoms with Crippen molar-refractivity contribution in [3.8, 4) is 0 Å². The van der Waals surface area contributed by atoms with Crippen molar-refractivity contribution < 1.29 is 4.39 Å². The van der Waals surface area contributed by atoms with Crippen molar-refractivity contribution in [1.82, 2.24) is 0 Å². The van der Waals surface area contributed by atoms with Gasteiger partial charge >= 0.3 is 0 Å². The van der Waals surface area contributed by atoms with Gasteiger partial charge in [-0.05, 0) is 41.8 Å². The lowest BCUT2D eigenvalue weighted by Gasteiger charge is -2.13. The van der Waals surface area contributed by atoms with E-state index in [1.807, 2.05) is 18.2 Å². The third kappa shape index (κ3) is 1.89. The van der Waals surface area contributed by atoms with Gasteiger partial charge in [-0.1, -0.05) is 29.8 Å². The fourth-order valence-corrected chi connectivity index (χ4v) is 2.52. The maximum absolute atomic E-state index is 13.2. The lowest BCUT2D eigenvalue weighted by molar-refractivity contribution is 0.623. The molecule has 0 saturated carbocycles. The standard InChI is InChI=1S/C14H11ClFN/c15-12-6-5-10(16)8-11(12)14-7-9-3-1-2-4-13(9)17-14/h1-6,8,14,17H,7H2. The van der Waals surface area contributed by atoms with Crippen LogP contribution in [0.5, 0.6) is 0 Å². The van der Waals surface area contributed by atoms with Crippen LogP contribution in [0.15, 0.2) is 42.5 Å². The van der Waals surface area contributed by atoms with E-state index in [9.17, 15) is 4.39 Å². The van der Waals surface area contributed by atoms with Gasteiger partial charge in [0.2, 0.25) is 0 Å². The van der Waals surface area contributed by atoms with Gasteiger partial charge in [-0.15, -0.1) is 0 Å². The van der Waals surface area contributed by atoms with Gasteiger partial charge in [-0.25, -0.2) is 4.39 Å². The van der Waals surface area contributed by atoms with Crippen LogP contribution >= 0.6 is 11.6 Å². The summed E-state index contributed by atoms with van der Waals surface area (Å²) in [4.78, 5) is 0. The molecule has 0 aromatic heterocycles. The first-order valence-electron chi connectivity index (χ1n) is 5.53. The predicted molar refractivity (Wildman–Crippen MR) is 67.9 cm³/mol. The fraction of sp³-hybridized carbons (Fsp3) is 0.143. The summed E-state index contributed by atoms with van der Waals surface area (Å²) in [6, 6.07) is 12.7. The molecule has 1 unspecified atom stereocenters. The molecule has 0 spiro atoms. The van der Waals surface area contributed by atoms with Crippen molar-refractivity contribution in [2.75, 3.05) is 5.32 Å². The smallest absolute Gasteiger partial charge is 0.123 e. The molecule has 1 N–H and O–H groups in total. The number of anilines is 1. The number of rotatable bonds is 1. The number of hydrogen-bond acceptors (Lipinski definition) is 1. The maximum atomic E-state index is 13.2. The Morgan fingerprint density at radius 1 is 1.18 bits per heavy atom. The molecule has 1 aliphatic heterocycles. The summed E-state index contributed by atoms with van der Waals surface area (Å²) in [5.41, 5.74) is 3.18. The van der Waals surface area contributed by atoms with Gasteiger partial charge in [0.15, 0.2) is 0 Å². The number of hydrogen-bond donors (Lipinski definition) is 1. The second-order valence-corrected chi connectivity index (χ2v) is 4.63. The first-order chi connectivity index (χ1) is 8.24. The Kier molecular flexibility index (Phi) is 2.52. The van der Waals surface area contributed by atoms with Gasteiger partial charge in [0, 0.05) is 10.7 Å². The molecule has 0 aliphatic carbocycles. The van der Waals surface area contributed by atoms with Crippen molar-refractivity contribution in [2.24, 2.45) is 0 Å². The van der Waals surface area contributed by atoms with Gasteiger partial charge in [-0.2, -0.15) is 0 Å². The van der Waals surface area contributed by atoms with Crippen molar-refractivity contribution in [1.29, 1.82) is 0 Å². The molecule has 1 aliphatic rings. The summed E-state index contributed by atoms with van der Waals surface area (Å²) in [5, 5.41) is 3.98. The molecule has 0 radical (unpaired) electrons. The van der Waals surface area contributed by atoms with E-state index in [1.54, 1.807) is 6.07 Å². The molecule has 0 bridgehead atoms. The van der Waals surface area contributed by atoms with Gasteiger partial charge < -0.3 is 5.32 Å². The molecule has 3 heteroatoms. The SMILES string of the molecule is Fc1ccc(Cl)c(C2Cc3ccccc3N2)c1. The van der Waals surface area contributed by atoms with E-state index in [0.717, 1.165) is 17.7 Å². The van der Waals surface area contributed by atoms with E-state index < -0.39 is 0 Å². The molecule has 17 heavy (non-hydrogen) atoms. The second-order valence-electron chi connectivity index (χ2n) is 4.22. The normalized spacial score (nSPS) is 17.6. The first kappa shape index (κ1) is 10.6. The first-order valence-corrected chi connectivity index (χ1v) is 5.91. The summed E-state index contributed by atoms with van der Waals surface area (Å²) in [6.45, 7) is 0. The third-order valence-electron chi connectivity index (χ3n) is 3.10. The molecular formula is C14H11ClFN. The van der Waals surface area contributed by atoms with E-state index in [2.05, 4.69) is 11.4 Å². The van der Waals surface area contributed by atoms with E-state index in [4.69, 9.17) is 11.6 Å². The minimum Gasteiger partial charge on any atom is -0.378 e.